The van der Waals surface area contributed by atoms with E-state index in [1.54, 1.807) is 11.3 Å². The summed E-state index contributed by atoms with van der Waals surface area (Å²) in [5.41, 5.74) is 2.28. The molecule has 3 nitrogen and oxygen atoms in total. The van der Waals surface area contributed by atoms with E-state index < -0.39 is 0 Å². The van der Waals surface area contributed by atoms with Gasteiger partial charge >= 0.3 is 0 Å². The molecule has 1 fully saturated rings. The van der Waals surface area contributed by atoms with Crippen LogP contribution in [0.5, 0.6) is 0 Å². The number of carbonyl (C=O) groups excluding carboxylic acids is 1. The van der Waals surface area contributed by atoms with E-state index in [1.807, 2.05) is 0 Å². The first-order valence-corrected chi connectivity index (χ1v) is 8.30. The summed E-state index contributed by atoms with van der Waals surface area (Å²) in [6.45, 7) is 3.07. The Morgan fingerprint density at radius 3 is 3.05 bits per heavy atom. The Labute approximate surface area is 130 Å². The summed E-state index contributed by atoms with van der Waals surface area (Å²) in [6, 6.07) is 0. The van der Waals surface area contributed by atoms with Gasteiger partial charge in [-0.25, -0.2) is 0 Å². The molecule has 0 saturated carbocycles. The maximum atomic E-state index is 12.2. The highest BCUT2D eigenvalue weighted by atomic mass is 35.5. The lowest BCUT2D eigenvalue weighted by Gasteiger charge is -2.13. The highest BCUT2D eigenvalue weighted by molar-refractivity contribution is 7.10. The van der Waals surface area contributed by atoms with Crippen molar-refractivity contribution in [1.82, 2.24) is 10.6 Å². The lowest BCUT2D eigenvalue weighted by Crippen LogP contribution is -2.27. The molecule has 1 aliphatic heterocycles. The van der Waals surface area contributed by atoms with Gasteiger partial charge in [0.2, 0.25) is 0 Å². The van der Waals surface area contributed by atoms with Gasteiger partial charge in [0.15, 0.2) is 0 Å². The van der Waals surface area contributed by atoms with E-state index in [0.717, 1.165) is 44.0 Å². The van der Waals surface area contributed by atoms with Gasteiger partial charge in [-0.05, 0) is 63.1 Å². The van der Waals surface area contributed by atoms with E-state index in [0.29, 0.717) is 0 Å². The minimum absolute atomic E-state index is 0. The quantitative estimate of drug-likeness (QED) is 0.897. The van der Waals surface area contributed by atoms with E-state index in [-0.39, 0.29) is 18.3 Å². The van der Waals surface area contributed by atoms with Gasteiger partial charge in [-0.15, -0.1) is 23.7 Å². The molecule has 2 heterocycles. The molecule has 3 rings (SSSR count). The fraction of sp³-hybridized carbons (Fsp3) is 0.667. The SMILES string of the molecule is Cl.O=C(NCCC1CCNC1)c1csc2c1CCCC2. The molecule has 2 aliphatic rings. The number of hydrogen-bond donors (Lipinski definition) is 2. The van der Waals surface area contributed by atoms with Crippen molar-refractivity contribution in [3.63, 3.8) is 0 Å². The molecule has 1 aromatic heterocycles. The van der Waals surface area contributed by atoms with Crippen LogP contribution in [0.2, 0.25) is 0 Å². The van der Waals surface area contributed by atoms with Crippen LogP contribution in [0.25, 0.3) is 0 Å². The van der Waals surface area contributed by atoms with Crippen molar-refractivity contribution in [2.24, 2.45) is 5.92 Å². The van der Waals surface area contributed by atoms with Gasteiger partial charge in [0, 0.05) is 16.8 Å². The minimum Gasteiger partial charge on any atom is -0.352 e. The molecule has 1 atom stereocenters. The van der Waals surface area contributed by atoms with Crippen LogP contribution >= 0.6 is 23.7 Å². The number of thiophene rings is 1. The second-order valence-corrected chi connectivity index (χ2v) is 6.63. The van der Waals surface area contributed by atoms with Crippen LogP contribution in [-0.4, -0.2) is 25.5 Å². The number of amides is 1. The molecule has 0 radical (unpaired) electrons. The van der Waals surface area contributed by atoms with Crippen LogP contribution in [0.3, 0.4) is 0 Å². The second-order valence-electron chi connectivity index (χ2n) is 5.66. The summed E-state index contributed by atoms with van der Waals surface area (Å²) in [4.78, 5) is 13.7. The molecule has 0 bridgehead atoms. The Hall–Kier alpha value is -0.580. The van der Waals surface area contributed by atoms with Crippen molar-refractivity contribution in [1.29, 1.82) is 0 Å². The third-order valence-electron chi connectivity index (χ3n) is 4.31. The first-order valence-electron chi connectivity index (χ1n) is 7.43. The number of fused-ring (bicyclic) bond motifs is 1. The average molecular weight is 315 g/mol. The fourth-order valence-corrected chi connectivity index (χ4v) is 4.26. The molecule has 1 aromatic rings. The second kappa shape index (κ2) is 7.43. The summed E-state index contributed by atoms with van der Waals surface area (Å²) >= 11 is 1.77. The molecule has 0 spiro atoms. The Morgan fingerprint density at radius 2 is 2.25 bits per heavy atom. The van der Waals surface area contributed by atoms with Crippen molar-refractivity contribution in [2.75, 3.05) is 19.6 Å². The van der Waals surface area contributed by atoms with E-state index in [2.05, 4.69) is 16.0 Å². The molecule has 20 heavy (non-hydrogen) atoms. The highest BCUT2D eigenvalue weighted by Crippen LogP contribution is 2.30. The molecule has 1 aliphatic carbocycles. The van der Waals surface area contributed by atoms with Crippen LogP contribution in [0.15, 0.2) is 5.38 Å². The molecular weight excluding hydrogens is 292 g/mol. The number of halogens is 1. The zero-order valence-electron chi connectivity index (χ0n) is 11.7. The van der Waals surface area contributed by atoms with Crippen LogP contribution in [0, 0.1) is 5.92 Å². The third-order valence-corrected chi connectivity index (χ3v) is 5.40. The van der Waals surface area contributed by atoms with Crippen LogP contribution in [0.1, 0.15) is 46.5 Å². The van der Waals surface area contributed by atoms with Crippen LogP contribution in [-0.2, 0) is 12.8 Å². The summed E-state index contributed by atoms with van der Waals surface area (Å²) < 4.78 is 0. The first kappa shape index (κ1) is 15.8. The summed E-state index contributed by atoms with van der Waals surface area (Å²) in [5.74, 6) is 0.891. The molecule has 1 saturated heterocycles. The molecule has 112 valence electrons. The number of nitrogens with one attached hydrogen (secondary N) is 2. The van der Waals surface area contributed by atoms with Crippen molar-refractivity contribution < 1.29 is 4.79 Å². The largest absolute Gasteiger partial charge is 0.352 e. The maximum Gasteiger partial charge on any atom is 0.252 e. The molecule has 5 heteroatoms. The first-order chi connectivity index (χ1) is 9.34. The molecule has 0 aromatic carbocycles. The van der Waals surface area contributed by atoms with Gasteiger partial charge in [-0.2, -0.15) is 0 Å². The smallest absolute Gasteiger partial charge is 0.252 e. The van der Waals surface area contributed by atoms with Gasteiger partial charge in [0.1, 0.15) is 0 Å². The topological polar surface area (TPSA) is 41.1 Å². The zero-order chi connectivity index (χ0) is 13.1. The van der Waals surface area contributed by atoms with E-state index in [4.69, 9.17) is 0 Å². The average Bonchev–Trinajstić information content (AvgIpc) is 3.07. The van der Waals surface area contributed by atoms with Gasteiger partial charge in [0.25, 0.3) is 5.91 Å². The zero-order valence-corrected chi connectivity index (χ0v) is 13.4. The monoisotopic (exact) mass is 314 g/mol. The Balaban J connectivity index is 0.00000147. The van der Waals surface area contributed by atoms with Gasteiger partial charge in [-0.1, -0.05) is 0 Å². The fourth-order valence-electron chi connectivity index (χ4n) is 3.13. The number of carbonyl (C=O) groups is 1. The van der Waals surface area contributed by atoms with Gasteiger partial charge < -0.3 is 10.6 Å². The lowest BCUT2D eigenvalue weighted by atomic mass is 9.95. The molecule has 1 amide bonds. The summed E-state index contributed by atoms with van der Waals surface area (Å²) in [7, 11) is 0. The van der Waals surface area contributed by atoms with Gasteiger partial charge in [0.05, 0.1) is 5.56 Å². The van der Waals surface area contributed by atoms with Crippen LogP contribution in [0.4, 0.5) is 0 Å². The predicted octanol–water partition coefficient (Wildman–Crippen LogP) is 2.78. The van der Waals surface area contributed by atoms with Crippen molar-refractivity contribution in [2.45, 2.75) is 38.5 Å². The standard InChI is InChI=1S/C15H22N2OS.ClH/c18-15(17-8-6-11-5-7-16-9-11)13-10-19-14-4-2-1-3-12(13)14;/h10-11,16H,1-9H2,(H,17,18);1H. The Kier molecular flexibility index (Phi) is 5.87. The number of hydrogen-bond acceptors (Lipinski definition) is 3. The molecule has 1 unspecified atom stereocenters. The van der Waals surface area contributed by atoms with Crippen molar-refractivity contribution >= 4 is 29.7 Å². The van der Waals surface area contributed by atoms with E-state index in [1.165, 1.54) is 36.1 Å². The Bertz CT molecular complexity index is 455. The lowest BCUT2D eigenvalue weighted by molar-refractivity contribution is 0.0951. The van der Waals surface area contributed by atoms with E-state index in [9.17, 15) is 4.79 Å². The van der Waals surface area contributed by atoms with Crippen LogP contribution < -0.4 is 10.6 Å². The number of rotatable bonds is 4. The minimum atomic E-state index is 0. The van der Waals surface area contributed by atoms with Crippen molar-refractivity contribution in [3.8, 4) is 0 Å². The maximum absolute atomic E-state index is 12.2. The number of aryl methyl sites for hydroxylation is 1. The molecule has 2 N–H and O–H groups in total. The normalized spacial score (nSPS) is 21.1. The summed E-state index contributed by atoms with van der Waals surface area (Å²) in [6.07, 6.45) is 7.13. The molecular formula is C15H23ClN2OS. The predicted molar refractivity (Wildman–Crippen MR) is 86.1 cm³/mol. The highest BCUT2D eigenvalue weighted by Gasteiger charge is 2.20. The van der Waals surface area contributed by atoms with Crippen molar-refractivity contribution in [3.05, 3.63) is 21.4 Å². The van der Waals surface area contributed by atoms with E-state index >= 15 is 0 Å². The summed E-state index contributed by atoms with van der Waals surface area (Å²) in [5, 5.41) is 8.53. The Morgan fingerprint density at radius 1 is 1.40 bits per heavy atom. The van der Waals surface area contributed by atoms with Gasteiger partial charge in [-0.3, -0.25) is 4.79 Å². The third kappa shape index (κ3) is 3.54.